The van der Waals surface area contributed by atoms with E-state index in [1.165, 1.54) is 11.1 Å². The number of carbonyl (C=O) groups is 1. The van der Waals surface area contributed by atoms with E-state index < -0.39 is 12.6 Å². The highest BCUT2D eigenvalue weighted by atomic mass is 19.4. The minimum absolute atomic E-state index is 0.0104. The molecule has 0 aromatic carbocycles. The Morgan fingerprint density at radius 3 is 2.53 bits per heavy atom. The standard InChI is InChI=1S/C12H16F3N3O/c1-18(2)11(19)9-4-5-10(17-8-9)16-7-3-6-12(13,14)15/h4-5,8H,3,6-7H2,1-2H3,(H,16,17). The zero-order valence-corrected chi connectivity index (χ0v) is 10.8. The number of anilines is 1. The van der Waals surface area contributed by atoms with Crippen LogP contribution >= 0.6 is 0 Å². The number of aromatic nitrogens is 1. The van der Waals surface area contributed by atoms with Gasteiger partial charge in [-0.2, -0.15) is 13.2 Å². The van der Waals surface area contributed by atoms with Gasteiger partial charge in [-0.3, -0.25) is 4.79 Å². The highest BCUT2D eigenvalue weighted by Gasteiger charge is 2.25. The van der Waals surface area contributed by atoms with Gasteiger partial charge in [-0.15, -0.1) is 0 Å². The van der Waals surface area contributed by atoms with Gasteiger partial charge < -0.3 is 10.2 Å². The lowest BCUT2D eigenvalue weighted by Crippen LogP contribution is -2.21. The zero-order valence-electron chi connectivity index (χ0n) is 10.8. The Morgan fingerprint density at radius 1 is 1.37 bits per heavy atom. The molecule has 106 valence electrons. The summed E-state index contributed by atoms with van der Waals surface area (Å²) in [6.45, 7) is 0.188. The number of nitrogens with zero attached hydrogens (tertiary/aromatic N) is 2. The Kier molecular flexibility index (Phi) is 5.14. The summed E-state index contributed by atoms with van der Waals surface area (Å²) in [7, 11) is 3.26. The molecule has 0 fully saturated rings. The second kappa shape index (κ2) is 6.40. The third kappa shape index (κ3) is 5.58. The summed E-state index contributed by atoms with van der Waals surface area (Å²) in [5, 5.41) is 2.78. The van der Waals surface area contributed by atoms with Gasteiger partial charge in [0.2, 0.25) is 0 Å². The first-order valence-electron chi connectivity index (χ1n) is 5.78. The van der Waals surface area contributed by atoms with Gasteiger partial charge in [-0.1, -0.05) is 0 Å². The molecule has 0 aliphatic carbocycles. The number of nitrogens with one attached hydrogen (secondary N) is 1. The summed E-state index contributed by atoms with van der Waals surface area (Å²) in [5.74, 6) is 0.286. The zero-order chi connectivity index (χ0) is 14.5. The molecule has 0 saturated carbocycles. The van der Waals surface area contributed by atoms with E-state index in [0.29, 0.717) is 11.4 Å². The fourth-order valence-corrected chi connectivity index (χ4v) is 1.39. The number of hydrogen-bond acceptors (Lipinski definition) is 3. The molecule has 0 saturated heterocycles. The Bertz CT molecular complexity index is 415. The Hall–Kier alpha value is -1.79. The lowest BCUT2D eigenvalue weighted by atomic mass is 10.2. The predicted octanol–water partition coefficient (Wildman–Crippen LogP) is 2.54. The molecule has 0 aliphatic rings. The fraction of sp³-hybridized carbons (Fsp3) is 0.500. The van der Waals surface area contributed by atoms with Crippen LogP contribution in [0.5, 0.6) is 0 Å². The van der Waals surface area contributed by atoms with Crippen molar-refractivity contribution in [2.24, 2.45) is 0 Å². The van der Waals surface area contributed by atoms with Gasteiger partial charge in [0, 0.05) is 33.3 Å². The molecular formula is C12H16F3N3O. The van der Waals surface area contributed by atoms with E-state index in [1.807, 2.05) is 0 Å². The third-order valence-corrected chi connectivity index (χ3v) is 2.36. The van der Waals surface area contributed by atoms with Crippen LogP contribution in [0.25, 0.3) is 0 Å². The molecule has 0 bridgehead atoms. The van der Waals surface area contributed by atoms with Gasteiger partial charge >= 0.3 is 6.18 Å². The number of halogens is 3. The van der Waals surface area contributed by atoms with E-state index in [4.69, 9.17) is 0 Å². The summed E-state index contributed by atoms with van der Waals surface area (Å²) >= 11 is 0. The van der Waals surface area contributed by atoms with E-state index in [2.05, 4.69) is 10.3 Å². The van der Waals surface area contributed by atoms with Crippen LogP contribution < -0.4 is 5.32 Å². The molecule has 0 radical (unpaired) electrons. The van der Waals surface area contributed by atoms with Crippen molar-refractivity contribution < 1.29 is 18.0 Å². The Labute approximate surface area is 109 Å². The van der Waals surface area contributed by atoms with Crippen molar-refractivity contribution >= 4 is 11.7 Å². The van der Waals surface area contributed by atoms with Gasteiger partial charge in [0.1, 0.15) is 5.82 Å². The van der Waals surface area contributed by atoms with Crippen molar-refractivity contribution in [3.05, 3.63) is 23.9 Å². The van der Waals surface area contributed by atoms with Crippen molar-refractivity contribution in [1.29, 1.82) is 0 Å². The third-order valence-electron chi connectivity index (χ3n) is 2.36. The molecule has 0 aliphatic heterocycles. The normalized spacial score (nSPS) is 11.2. The fourth-order valence-electron chi connectivity index (χ4n) is 1.39. The summed E-state index contributed by atoms with van der Waals surface area (Å²) in [5.41, 5.74) is 0.436. The molecule has 1 aromatic heterocycles. The topological polar surface area (TPSA) is 45.2 Å². The van der Waals surface area contributed by atoms with Crippen molar-refractivity contribution in [2.75, 3.05) is 26.0 Å². The van der Waals surface area contributed by atoms with Crippen LogP contribution in [0.3, 0.4) is 0 Å². The number of hydrogen-bond donors (Lipinski definition) is 1. The molecule has 1 amide bonds. The predicted molar refractivity (Wildman–Crippen MR) is 66.0 cm³/mol. The number of amides is 1. The second-order valence-corrected chi connectivity index (χ2v) is 4.28. The van der Waals surface area contributed by atoms with Crippen LogP contribution in [0.2, 0.25) is 0 Å². The molecule has 0 unspecified atom stereocenters. The second-order valence-electron chi connectivity index (χ2n) is 4.28. The first-order chi connectivity index (χ1) is 8.79. The number of alkyl halides is 3. The average Bonchev–Trinajstić information content (AvgIpc) is 2.33. The average molecular weight is 275 g/mol. The number of carbonyl (C=O) groups excluding carboxylic acids is 1. The molecule has 4 nitrogen and oxygen atoms in total. The first kappa shape index (κ1) is 15.3. The lowest BCUT2D eigenvalue weighted by Gasteiger charge is -2.11. The summed E-state index contributed by atoms with van der Waals surface area (Å²) in [6.07, 6.45) is -3.56. The quantitative estimate of drug-likeness (QED) is 0.840. The summed E-state index contributed by atoms with van der Waals surface area (Å²) in [6, 6.07) is 3.16. The van der Waals surface area contributed by atoms with E-state index in [0.717, 1.165) is 0 Å². The lowest BCUT2D eigenvalue weighted by molar-refractivity contribution is -0.134. The molecule has 0 atom stereocenters. The van der Waals surface area contributed by atoms with Crippen LogP contribution in [0.4, 0.5) is 19.0 Å². The van der Waals surface area contributed by atoms with Crippen LogP contribution in [0, 0.1) is 0 Å². The molecule has 1 N–H and O–H groups in total. The van der Waals surface area contributed by atoms with Crippen LogP contribution in [0.1, 0.15) is 23.2 Å². The minimum atomic E-state index is -4.13. The molecule has 0 spiro atoms. The molecular weight excluding hydrogens is 259 g/mol. The van der Waals surface area contributed by atoms with Crippen molar-refractivity contribution in [1.82, 2.24) is 9.88 Å². The number of pyridine rings is 1. The summed E-state index contributed by atoms with van der Waals surface area (Å²) in [4.78, 5) is 17.0. The molecule has 19 heavy (non-hydrogen) atoms. The van der Waals surface area contributed by atoms with Crippen LogP contribution in [-0.4, -0.2) is 42.6 Å². The number of rotatable bonds is 5. The van der Waals surface area contributed by atoms with Gasteiger partial charge in [-0.05, 0) is 18.6 Å². The smallest absolute Gasteiger partial charge is 0.370 e. The molecule has 1 heterocycles. The van der Waals surface area contributed by atoms with Crippen molar-refractivity contribution in [2.45, 2.75) is 19.0 Å². The van der Waals surface area contributed by atoms with E-state index in [1.54, 1.807) is 26.2 Å². The Morgan fingerprint density at radius 2 is 2.05 bits per heavy atom. The van der Waals surface area contributed by atoms with Crippen LogP contribution in [0.15, 0.2) is 18.3 Å². The van der Waals surface area contributed by atoms with Gasteiger partial charge in [-0.25, -0.2) is 4.98 Å². The minimum Gasteiger partial charge on any atom is -0.370 e. The monoisotopic (exact) mass is 275 g/mol. The van der Waals surface area contributed by atoms with Crippen molar-refractivity contribution in [3.63, 3.8) is 0 Å². The maximum absolute atomic E-state index is 11.9. The maximum Gasteiger partial charge on any atom is 0.389 e. The highest BCUT2D eigenvalue weighted by Crippen LogP contribution is 2.21. The maximum atomic E-state index is 11.9. The van der Waals surface area contributed by atoms with Crippen molar-refractivity contribution in [3.8, 4) is 0 Å². The van der Waals surface area contributed by atoms with E-state index >= 15 is 0 Å². The SMILES string of the molecule is CN(C)C(=O)c1ccc(NCCCC(F)(F)F)nc1. The molecule has 1 rings (SSSR count). The highest BCUT2D eigenvalue weighted by molar-refractivity contribution is 5.93. The van der Waals surface area contributed by atoms with Gasteiger partial charge in [0.05, 0.1) is 5.56 Å². The van der Waals surface area contributed by atoms with E-state index in [-0.39, 0.29) is 18.9 Å². The Balaban J connectivity index is 2.43. The van der Waals surface area contributed by atoms with Gasteiger partial charge in [0.25, 0.3) is 5.91 Å². The van der Waals surface area contributed by atoms with Gasteiger partial charge in [0.15, 0.2) is 0 Å². The van der Waals surface area contributed by atoms with E-state index in [9.17, 15) is 18.0 Å². The largest absolute Gasteiger partial charge is 0.389 e. The van der Waals surface area contributed by atoms with Crippen LogP contribution in [-0.2, 0) is 0 Å². The molecule has 1 aromatic rings. The summed E-state index contributed by atoms with van der Waals surface area (Å²) < 4.78 is 35.7. The first-order valence-corrected chi connectivity index (χ1v) is 5.78. The molecule has 7 heteroatoms.